The second-order valence-corrected chi connectivity index (χ2v) is 4.43. The normalized spacial score (nSPS) is 10.2. The van der Waals surface area contributed by atoms with Gasteiger partial charge in [0.2, 0.25) is 0 Å². The Hall–Kier alpha value is -2.15. The molecule has 1 rings (SSSR count). The van der Waals surface area contributed by atoms with Crippen LogP contribution in [-0.2, 0) is 4.74 Å². The summed E-state index contributed by atoms with van der Waals surface area (Å²) in [7, 11) is 1.55. The van der Waals surface area contributed by atoms with Crippen LogP contribution in [0.15, 0.2) is 18.2 Å². The molecular formula is C14H21N3O4. The van der Waals surface area contributed by atoms with Gasteiger partial charge in [-0.3, -0.25) is 14.9 Å². The maximum absolute atomic E-state index is 12.1. The summed E-state index contributed by atoms with van der Waals surface area (Å²) < 4.78 is 5.34. The average Bonchev–Trinajstić information content (AvgIpc) is 2.49. The van der Waals surface area contributed by atoms with Crippen LogP contribution in [0.4, 0.5) is 11.4 Å². The lowest BCUT2D eigenvalue weighted by atomic mass is 10.1. The number of para-hydroxylation sites is 1. The van der Waals surface area contributed by atoms with Crippen LogP contribution in [0.5, 0.6) is 0 Å². The highest BCUT2D eigenvalue weighted by atomic mass is 16.6. The van der Waals surface area contributed by atoms with E-state index in [0.717, 1.165) is 12.8 Å². The Kier molecular flexibility index (Phi) is 7.17. The Bertz CT molecular complexity index is 491. The molecule has 0 saturated carbocycles. The van der Waals surface area contributed by atoms with E-state index in [1.807, 2.05) is 0 Å². The maximum atomic E-state index is 12.1. The minimum absolute atomic E-state index is 0.121. The van der Waals surface area contributed by atoms with Crippen molar-refractivity contribution in [3.05, 3.63) is 33.9 Å². The fraction of sp³-hybridized carbons (Fsp3) is 0.500. The lowest BCUT2D eigenvalue weighted by molar-refractivity contribution is -0.384. The van der Waals surface area contributed by atoms with Crippen molar-refractivity contribution < 1.29 is 14.5 Å². The minimum Gasteiger partial charge on any atom is -0.382 e. The number of hydrogen-bond donors (Lipinski definition) is 2. The van der Waals surface area contributed by atoms with Crippen LogP contribution < -0.4 is 10.6 Å². The van der Waals surface area contributed by atoms with Gasteiger partial charge in [0.1, 0.15) is 5.69 Å². The summed E-state index contributed by atoms with van der Waals surface area (Å²) in [6.07, 6.45) is 2.05. The van der Waals surface area contributed by atoms with Crippen LogP contribution in [0.1, 0.15) is 30.1 Å². The number of nitro benzene ring substituents is 1. The zero-order chi connectivity index (χ0) is 15.7. The number of benzene rings is 1. The van der Waals surface area contributed by atoms with E-state index in [1.54, 1.807) is 13.1 Å². The van der Waals surface area contributed by atoms with Crippen molar-refractivity contribution in [3.63, 3.8) is 0 Å². The minimum atomic E-state index is -0.517. The zero-order valence-electron chi connectivity index (χ0n) is 12.3. The first-order valence-corrected chi connectivity index (χ1v) is 6.92. The van der Waals surface area contributed by atoms with Crippen LogP contribution in [-0.4, -0.2) is 37.6 Å². The van der Waals surface area contributed by atoms with E-state index in [4.69, 9.17) is 4.74 Å². The van der Waals surface area contributed by atoms with Gasteiger partial charge in [-0.15, -0.1) is 0 Å². The first-order valence-electron chi connectivity index (χ1n) is 6.92. The molecule has 116 valence electrons. The first-order chi connectivity index (χ1) is 10.1. The third kappa shape index (κ3) is 5.03. The van der Waals surface area contributed by atoms with Crippen LogP contribution in [0.3, 0.4) is 0 Å². The molecule has 7 heteroatoms. The highest BCUT2D eigenvalue weighted by molar-refractivity contribution is 6.01. The van der Waals surface area contributed by atoms with Crippen LogP contribution in [0.25, 0.3) is 0 Å². The van der Waals surface area contributed by atoms with Gasteiger partial charge in [-0.2, -0.15) is 0 Å². The van der Waals surface area contributed by atoms with Crippen molar-refractivity contribution >= 4 is 17.3 Å². The van der Waals surface area contributed by atoms with E-state index in [9.17, 15) is 14.9 Å². The molecule has 7 nitrogen and oxygen atoms in total. The van der Waals surface area contributed by atoms with Gasteiger partial charge in [-0.1, -0.05) is 19.4 Å². The number of ether oxygens (including phenoxy) is 1. The lowest BCUT2D eigenvalue weighted by Gasteiger charge is -2.10. The van der Waals surface area contributed by atoms with Crippen molar-refractivity contribution in [1.82, 2.24) is 5.32 Å². The Balaban J connectivity index is 2.62. The molecule has 0 aliphatic rings. The maximum Gasteiger partial charge on any atom is 0.293 e. The second-order valence-electron chi connectivity index (χ2n) is 4.43. The van der Waals surface area contributed by atoms with Gasteiger partial charge in [0.25, 0.3) is 11.6 Å². The number of hydrogen-bond acceptors (Lipinski definition) is 5. The van der Waals surface area contributed by atoms with Crippen molar-refractivity contribution in [3.8, 4) is 0 Å². The molecule has 0 radical (unpaired) electrons. The summed E-state index contributed by atoms with van der Waals surface area (Å²) in [4.78, 5) is 22.5. The van der Waals surface area contributed by atoms with E-state index in [2.05, 4.69) is 17.6 Å². The van der Waals surface area contributed by atoms with E-state index in [-0.39, 0.29) is 22.8 Å². The number of unbranched alkanes of at least 4 members (excludes halogenated alkanes) is 1. The number of amides is 1. The van der Waals surface area contributed by atoms with E-state index >= 15 is 0 Å². The predicted molar refractivity (Wildman–Crippen MR) is 80.7 cm³/mol. The molecule has 0 fully saturated rings. The summed E-state index contributed by atoms with van der Waals surface area (Å²) >= 11 is 0. The molecule has 0 aliphatic carbocycles. The highest BCUT2D eigenvalue weighted by Gasteiger charge is 2.20. The van der Waals surface area contributed by atoms with Crippen LogP contribution >= 0.6 is 0 Å². The van der Waals surface area contributed by atoms with Gasteiger partial charge in [-0.05, 0) is 12.5 Å². The third-order valence-electron chi connectivity index (χ3n) is 2.91. The molecule has 0 spiro atoms. The molecule has 1 amide bonds. The summed E-state index contributed by atoms with van der Waals surface area (Å²) in [6.45, 7) is 3.54. The summed E-state index contributed by atoms with van der Waals surface area (Å²) in [6, 6.07) is 4.40. The summed E-state index contributed by atoms with van der Waals surface area (Å²) in [5.74, 6) is -0.359. The van der Waals surface area contributed by atoms with Gasteiger partial charge < -0.3 is 15.4 Å². The monoisotopic (exact) mass is 295 g/mol. The molecule has 0 unspecified atom stereocenters. The molecule has 2 N–H and O–H groups in total. The molecule has 0 aliphatic heterocycles. The van der Waals surface area contributed by atoms with Gasteiger partial charge in [0, 0.05) is 26.3 Å². The van der Waals surface area contributed by atoms with Crippen molar-refractivity contribution in [1.29, 1.82) is 0 Å². The van der Waals surface area contributed by atoms with Crippen molar-refractivity contribution in [2.24, 2.45) is 0 Å². The Labute approximate surface area is 123 Å². The molecular weight excluding hydrogens is 274 g/mol. The first kappa shape index (κ1) is 16.9. The van der Waals surface area contributed by atoms with Gasteiger partial charge >= 0.3 is 0 Å². The predicted octanol–water partition coefficient (Wildman–Crippen LogP) is 2.18. The number of nitro groups is 1. The number of rotatable bonds is 9. The zero-order valence-corrected chi connectivity index (χ0v) is 12.3. The molecule has 0 aromatic heterocycles. The van der Waals surface area contributed by atoms with E-state index < -0.39 is 4.92 Å². The third-order valence-corrected chi connectivity index (χ3v) is 2.91. The van der Waals surface area contributed by atoms with Crippen molar-refractivity contribution in [2.75, 3.05) is 32.1 Å². The van der Waals surface area contributed by atoms with Crippen LogP contribution in [0, 0.1) is 10.1 Å². The molecule has 0 heterocycles. The quantitative estimate of drug-likeness (QED) is 0.414. The Morgan fingerprint density at radius 2 is 2.14 bits per heavy atom. The Morgan fingerprint density at radius 3 is 2.76 bits per heavy atom. The number of nitrogens with zero attached hydrogens (tertiary/aromatic N) is 1. The van der Waals surface area contributed by atoms with Gasteiger partial charge in [0.05, 0.1) is 17.1 Å². The molecule has 0 saturated heterocycles. The second kappa shape index (κ2) is 8.91. The number of carbonyl (C=O) groups excluding carboxylic acids is 1. The SMILES string of the molecule is CCCCOCCNC(=O)c1cccc([N+](=O)[O-])c1NC. The lowest BCUT2D eigenvalue weighted by Crippen LogP contribution is -2.28. The number of carbonyl (C=O) groups is 1. The smallest absolute Gasteiger partial charge is 0.293 e. The fourth-order valence-electron chi connectivity index (χ4n) is 1.82. The van der Waals surface area contributed by atoms with E-state index in [0.29, 0.717) is 19.8 Å². The average molecular weight is 295 g/mol. The summed E-state index contributed by atoms with van der Waals surface area (Å²) in [5.41, 5.74) is 0.344. The van der Waals surface area contributed by atoms with E-state index in [1.165, 1.54) is 12.1 Å². The summed E-state index contributed by atoms with van der Waals surface area (Å²) in [5, 5.41) is 16.3. The number of nitrogens with one attached hydrogen (secondary N) is 2. The molecule has 21 heavy (non-hydrogen) atoms. The standard InChI is InChI=1S/C14H21N3O4/c1-3-4-9-21-10-8-16-14(18)11-6-5-7-12(17(19)20)13(11)15-2/h5-7,15H,3-4,8-10H2,1-2H3,(H,16,18). The Morgan fingerprint density at radius 1 is 1.38 bits per heavy atom. The number of anilines is 1. The largest absolute Gasteiger partial charge is 0.382 e. The molecule has 0 atom stereocenters. The highest BCUT2D eigenvalue weighted by Crippen LogP contribution is 2.27. The topological polar surface area (TPSA) is 93.5 Å². The van der Waals surface area contributed by atoms with Crippen molar-refractivity contribution in [2.45, 2.75) is 19.8 Å². The molecule has 0 bridgehead atoms. The molecule has 1 aromatic carbocycles. The molecule has 1 aromatic rings. The van der Waals surface area contributed by atoms with Gasteiger partial charge in [-0.25, -0.2) is 0 Å². The van der Waals surface area contributed by atoms with Gasteiger partial charge in [0.15, 0.2) is 0 Å². The van der Waals surface area contributed by atoms with Crippen LogP contribution in [0.2, 0.25) is 0 Å². The fourth-order valence-corrected chi connectivity index (χ4v) is 1.82.